The minimum atomic E-state index is -1.12. The van der Waals surface area contributed by atoms with Crippen LogP contribution in [0.15, 0.2) is 186 Å². The molecule has 10 aromatic rings. The largest absolute Gasteiger partial charge is 0.456 e. The van der Waals surface area contributed by atoms with Crippen LogP contribution in [-0.4, -0.2) is 0 Å². The van der Waals surface area contributed by atoms with E-state index in [1.807, 2.05) is 0 Å². The summed E-state index contributed by atoms with van der Waals surface area (Å²) in [5, 5.41) is -5.86. The van der Waals surface area contributed by atoms with Gasteiger partial charge in [0.2, 0.25) is 0 Å². The van der Waals surface area contributed by atoms with Crippen LogP contribution in [0.1, 0.15) is 41.1 Å². The molecule has 0 unspecified atom stereocenters. The van der Waals surface area contributed by atoms with E-state index < -0.39 is 280 Å². The predicted octanol–water partition coefficient (Wildman–Crippen LogP) is 13.7. The summed E-state index contributed by atoms with van der Waals surface area (Å²) in [6.07, 6.45) is 0. The molecule has 9 aromatic carbocycles. The maximum atomic E-state index is 9.91. The van der Waals surface area contributed by atoms with Gasteiger partial charge in [0.15, 0.2) is 0 Å². The Morgan fingerprint density at radius 1 is 0.327 bits per heavy atom. The van der Waals surface area contributed by atoms with E-state index in [1.54, 1.807) is 0 Å². The Kier molecular flexibility index (Phi) is 2.50. The molecular weight excluding hydrogens is 593 g/mol. The molecule has 1 heterocycles. The maximum Gasteiger partial charge on any atom is 0.136 e. The molecule has 0 saturated heterocycles. The van der Waals surface area contributed by atoms with E-state index in [4.69, 9.17) is 31.8 Å². The summed E-state index contributed by atoms with van der Waals surface area (Å²) < 4.78 is 277. The Balaban J connectivity index is 1.52. The molecule has 0 fully saturated rings. The zero-order valence-electron chi connectivity index (χ0n) is 54.4. The molecular formula is C48H30O. The van der Waals surface area contributed by atoms with Gasteiger partial charge in [-0.2, -0.15) is 0 Å². The molecule has 0 atom stereocenters. The Morgan fingerprint density at radius 2 is 0.898 bits per heavy atom. The van der Waals surface area contributed by atoms with Crippen molar-refractivity contribution in [3.63, 3.8) is 0 Å². The van der Waals surface area contributed by atoms with Crippen LogP contribution in [0.25, 0.3) is 98.8 Å². The van der Waals surface area contributed by atoms with Crippen LogP contribution in [0.3, 0.4) is 0 Å². The third-order valence-electron chi connectivity index (χ3n) is 7.89. The topological polar surface area (TPSA) is 13.1 Å². The van der Waals surface area contributed by atoms with E-state index in [0.717, 1.165) is 0 Å². The second-order valence-electron chi connectivity index (χ2n) is 10.5. The summed E-state index contributed by atoms with van der Waals surface area (Å²) >= 11 is 0. The van der Waals surface area contributed by atoms with Crippen LogP contribution in [0, 0.1) is 0 Å². The third-order valence-corrected chi connectivity index (χ3v) is 7.89. The fourth-order valence-electron chi connectivity index (χ4n) is 5.86. The van der Waals surface area contributed by atoms with E-state index in [2.05, 4.69) is 0 Å². The van der Waals surface area contributed by atoms with Crippen molar-refractivity contribution < 1.29 is 45.5 Å². The molecule has 0 aliphatic carbocycles. The molecule has 0 N–H and O–H groups in total. The van der Waals surface area contributed by atoms with Crippen LogP contribution >= 0.6 is 0 Å². The maximum absolute atomic E-state index is 9.91. The molecule has 1 heteroatoms. The van der Waals surface area contributed by atoms with Gasteiger partial charge in [-0.1, -0.05) is 157 Å². The Hall–Kier alpha value is -6.44. The highest BCUT2D eigenvalue weighted by Crippen LogP contribution is 2.47. The Morgan fingerprint density at radius 3 is 1.67 bits per heavy atom. The average Bonchev–Trinajstić information content (AvgIpc) is 4.08. The summed E-state index contributed by atoms with van der Waals surface area (Å²) in [6, 6.07) is -29.5. The van der Waals surface area contributed by atoms with Gasteiger partial charge in [0.1, 0.15) is 11.2 Å². The van der Waals surface area contributed by atoms with Crippen molar-refractivity contribution in [2.75, 3.05) is 0 Å². The van der Waals surface area contributed by atoms with Gasteiger partial charge in [-0.3, -0.25) is 0 Å². The van der Waals surface area contributed by atoms with Crippen molar-refractivity contribution in [2.45, 2.75) is 0 Å². The summed E-state index contributed by atoms with van der Waals surface area (Å²) in [5.74, 6) is 0. The van der Waals surface area contributed by atoms with Gasteiger partial charge >= 0.3 is 0 Å². The number of fused-ring (bicyclic) bond motifs is 6. The molecule has 0 saturated carbocycles. The van der Waals surface area contributed by atoms with E-state index in [1.165, 1.54) is 0 Å². The van der Waals surface area contributed by atoms with E-state index in [0.29, 0.717) is 0 Å². The van der Waals surface area contributed by atoms with E-state index in [9.17, 15) is 13.7 Å². The first kappa shape index (κ1) is 11.1. The summed E-state index contributed by atoms with van der Waals surface area (Å²) in [5.41, 5.74) is -7.94. The molecule has 0 aliphatic heterocycles. The number of hydrogen-bond acceptors (Lipinski definition) is 1. The smallest absolute Gasteiger partial charge is 0.136 e. The van der Waals surface area contributed by atoms with Gasteiger partial charge in [-0.05, 0) is 101 Å². The summed E-state index contributed by atoms with van der Waals surface area (Å²) in [6.45, 7) is 0. The highest BCUT2D eigenvalue weighted by atomic mass is 16.3. The number of rotatable bonds is 4. The molecule has 0 aliphatic rings. The van der Waals surface area contributed by atoms with Crippen molar-refractivity contribution in [1.29, 1.82) is 0 Å². The third kappa shape index (κ3) is 4.40. The molecule has 49 heavy (non-hydrogen) atoms. The molecule has 1 nitrogen and oxygen atoms in total. The molecule has 0 amide bonds. The average molecular weight is 653 g/mol. The summed E-state index contributed by atoms with van der Waals surface area (Å²) in [4.78, 5) is 0. The molecule has 10 rings (SSSR count). The van der Waals surface area contributed by atoms with Crippen molar-refractivity contribution in [3.05, 3.63) is 181 Å². The van der Waals surface area contributed by atoms with Crippen LogP contribution < -0.4 is 0 Å². The number of benzene rings is 9. The van der Waals surface area contributed by atoms with Gasteiger partial charge in [0.05, 0.1) is 41.1 Å². The molecule has 1 aromatic heterocycles. The van der Waals surface area contributed by atoms with Crippen LogP contribution in [-0.2, 0) is 0 Å². The molecule has 0 bridgehead atoms. The zero-order chi connectivity index (χ0) is 58.4. The normalized spacial score (nSPS) is 20.2. The molecule has 228 valence electrons. The monoisotopic (exact) mass is 652 g/mol. The number of hydrogen-bond donors (Lipinski definition) is 0. The van der Waals surface area contributed by atoms with E-state index in [-0.39, 0.29) is 0 Å². The lowest BCUT2D eigenvalue weighted by atomic mass is 9.84. The minimum Gasteiger partial charge on any atom is -0.456 e. The Labute approximate surface area is 326 Å². The second-order valence-corrected chi connectivity index (χ2v) is 10.5. The lowest BCUT2D eigenvalue weighted by molar-refractivity contribution is 0.669. The highest BCUT2D eigenvalue weighted by molar-refractivity contribution is 6.26. The van der Waals surface area contributed by atoms with Crippen LogP contribution in [0.2, 0.25) is 0 Å². The molecule has 0 spiro atoms. The van der Waals surface area contributed by atoms with Gasteiger partial charge in [-0.25, -0.2) is 0 Å². The van der Waals surface area contributed by atoms with Crippen molar-refractivity contribution >= 4 is 54.3 Å². The predicted molar refractivity (Wildman–Crippen MR) is 208 cm³/mol. The first-order chi connectivity index (χ1) is 36.8. The van der Waals surface area contributed by atoms with Crippen LogP contribution in [0.5, 0.6) is 0 Å². The standard InChI is InChI=1S/C48H30O/c1-2-13-31(14-3-1)33-27-28-44-43(30-33)48-42(25-12-26-45(48)49-44)47-40-22-8-6-20-38(40)46(39-21-7-9-23-41(39)47)35-18-10-17-34(29-35)37-24-11-16-32-15-4-5-19-36(32)37/h1-30H/i1D,2D,3D,4D,5D,6D,7D,8D,9D,10D,11D,12D,13D,14D,15D,16D,17D,18D,19D,20D,21D,22D,23D,24D,25D,26D,27D,28D,29D,30D. The lowest BCUT2D eigenvalue weighted by Crippen LogP contribution is -1.92. The lowest BCUT2D eigenvalue weighted by Gasteiger charge is -2.19. The number of furan rings is 1. The highest BCUT2D eigenvalue weighted by Gasteiger charge is 2.21. The van der Waals surface area contributed by atoms with Crippen LogP contribution in [0.4, 0.5) is 0 Å². The SMILES string of the molecule is [2H]c1c([2H])c([2H])c(-c2c([2H])c([2H])c3oc4c([2H])c([2H])c([2H])c(-c5c6c([2H])c([2H])c([2H])c([2H])c6c(-c6c([2H])c([2H])c([2H])c(-c7c([2H])c([2H])c([2H])c8c([2H])c([2H])c([2H])c([2H])c78)c6[2H])c6c([2H])c([2H])c([2H])c([2H])c56)c4c3c2[2H])c([2H])c1[2H]. The van der Waals surface area contributed by atoms with Crippen molar-refractivity contribution in [2.24, 2.45) is 0 Å². The van der Waals surface area contributed by atoms with Crippen molar-refractivity contribution in [1.82, 2.24) is 0 Å². The van der Waals surface area contributed by atoms with Gasteiger partial charge in [0, 0.05) is 10.8 Å². The minimum absolute atomic E-state index is 0.636. The van der Waals surface area contributed by atoms with Crippen molar-refractivity contribution in [3.8, 4) is 44.5 Å². The molecule has 0 radical (unpaired) electrons. The van der Waals surface area contributed by atoms with Gasteiger partial charge < -0.3 is 4.42 Å². The fourth-order valence-corrected chi connectivity index (χ4v) is 5.86. The first-order valence-corrected chi connectivity index (χ1v) is 14.4. The Bertz CT molecular complexity index is 4480. The van der Waals surface area contributed by atoms with Gasteiger partial charge in [0.25, 0.3) is 0 Å². The first-order valence-electron chi connectivity index (χ1n) is 29.4. The summed E-state index contributed by atoms with van der Waals surface area (Å²) in [7, 11) is 0. The quantitative estimate of drug-likeness (QED) is 0.172. The van der Waals surface area contributed by atoms with Gasteiger partial charge in [-0.15, -0.1) is 0 Å². The second kappa shape index (κ2) is 11.1. The van der Waals surface area contributed by atoms with E-state index >= 15 is 0 Å². The fraction of sp³-hybridized carbons (Fsp3) is 0. The zero-order valence-corrected chi connectivity index (χ0v) is 24.4.